The van der Waals surface area contributed by atoms with E-state index in [9.17, 15) is 8.42 Å². The summed E-state index contributed by atoms with van der Waals surface area (Å²) in [6.45, 7) is 1.31. The van der Waals surface area contributed by atoms with Gasteiger partial charge in [-0.25, -0.2) is 5.14 Å². The Balaban J connectivity index is 2.10. The molecule has 0 radical (unpaired) electrons. The van der Waals surface area contributed by atoms with Crippen molar-refractivity contribution in [1.82, 2.24) is 4.31 Å². The molecule has 2 aliphatic rings. The lowest BCUT2D eigenvalue weighted by Gasteiger charge is -2.27. The fourth-order valence-corrected chi connectivity index (χ4v) is 2.72. The summed E-state index contributed by atoms with van der Waals surface area (Å²) < 4.78 is 23.1. The van der Waals surface area contributed by atoms with Gasteiger partial charge in [-0.05, 0) is 24.7 Å². The molecule has 11 heavy (non-hydrogen) atoms. The predicted molar refractivity (Wildman–Crippen MR) is 40.9 cm³/mol. The third-order valence-corrected chi connectivity index (χ3v) is 3.83. The lowest BCUT2D eigenvalue weighted by Crippen LogP contribution is -2.34. The predicted octanol–water partition coefficient (Wildman–Crippen LogP) is -0.468. The number of fused-ring (bicyclic) bond motifs is 1. The third-order valence-electron chi connectivity index (χ3n) is 2.81. The Hall–Kier alpha value is -0.130. The van der Waals surface area contributed by atoms with E-state index in [0.717, 1.165) is 0 Å². The Labute approximate surface area is 66.5 Å². The highest BCUT2D eigenvalue weighted by atomic mass is 32.2. The molecule has 1 aliphatic heterocycles. The van der Waals surface area contributed by atoms with E-state index >= 15 is 0 Å². The summed E-state index contributed by atoms with van der Waals surface area (Å²) in [5, 5.41) is 4.99. The molecule has 0 bridgehead atoms. The zero-order valence-electron chi connectivity index (χ0n) is 6.23. The molecule has 64 valence electrons. The minimum Gasteiger partial charge on any atom is -0.216 e. The first-order chi connectivity index (χ1) is 5.07. The molecule has 1 aliphatic carbocycles. The van der Waals surface area contributed by atoms with Gasteiger partial charge in [0.25, 0.3) is 10.2 Å². The topological polar surface area (TPSA) is 63.4 Å². The van der Waals surface area contributed by atoms with Gasteiger partial charge in [0.1, 0.15) is 0 Å². The summed E-state index contributed by atoms with van der Waals surface area (Å²) in [4.78, 5) is 0. The van der Waals surface area contributed by atoms with Crippen LogP contribution in [0.3, 0.4) is 0 Å². The zero-order chi connectivity index (χ0) is 8.06. The van der Waals surface area contributed by atoms with Crippen LogP contribution in [-0.4, -0.2) is 25.8 Å². The molecule has 2 rings (SSSR count). The van der Waals surface area contributed by atoms with Crippen LogP contribution in [0.2, 0.25) is 0 Å². The second-order valence-corrected chi connectivity index (χ2v) is 5.01. The van der Waals surface area contributed by atoms with Crippen LogP contribution in [0.4, 0.5) is 0 Å². The minimum absolute atomic E-state index is 0.605. The highest BCUT2D eigenvalue weighted by molar-refractivity contribution is 7.86. The number of hydrogen-bond donors (Lipinski definition) is 1. The monoisotopic (exact) mass is 176 g/mol. The number of rotatable bonds is 1. The lowest BCUT2D eigenvalue weighted by atomic mass is 9.77. The number of nitrogens with zero attached hydrogens (tertiary/aromatic N) is 1. The van der Waals surface area contributed by atoms with Crippen molar-refractivity contribution < 1.29 is 8.42 Å². The molecule has 2 N–H and O–H groups in total. The maximum Gasteiger partial charge on any atom is 0.276 e. The fraction of sp³-hybridized carbons (Fsp3) is 1.00. The van der Waals surface area contributed by atoms with Crippen molar-refractivity contribution in [1.29, 1.82) is 0 Å². The summed E-state index contributed by atoms with van der Waals surface area (Å²) in [6, 6.07) is 0. The van der Waals surface area contributed by atoms with Crippen molar-refractivity contribution in [2.75, 3.05) is 13.1 Å². The van der Waals surface area contributed by atoms with Gasteiger partial charge in [-0.2, -0.15) is 12.7 Å². The van der Waals surface area contributed by atoms with E-state index in [1.165, 1.54) is 17.1 Å². The third kappa shape index (κ3) is 1.17. The van der Waals surface area contributed by atoms with Crippen molar-refractivity contribution in [2.45, 2.75) is 12.8 Å². The molecule has 4 nitrogen and oxygen atoms in total. The molecule has 2 atom stereocenters. The van der Waals surface area contributed by atoms with Crippen molar-refractivity contribution in [3.63, 3.8) is 0 Å². The Morgan fingerprint density at radius 2 is 1.64 bits per heavy atom. The normalized spacial score (nSPS) is 38.3. The van der Waals surface area contributed by atoms with Crippen molar-refractivity contribution in [3.8, 4) is 0 Å². The largest absolute Gasteiger partial charge is 0.276 e. The van der Waals surface area contributed by atoms with Gasteiger partial charge >= 0.3 is 0 Å². The van der Waals surface area contributed by atoms with Gasteiger partial charge in [-0.15, -0.1) is 0 Å². The Kier molecular flexibility index (Phi) is 1.49. The van der Waals surface area contributed by atoms with Gasteiger partial charge in [0.05, 0.1) is 0 Å². The zero-order valence-corrected chi connectivity index (χ0v) is 7.05. The summed E-state index contributed by atoms with van der Waals surface area (Å²) >= 11 is 0. The van der Waals surface area contributed by atoms with Crippen LogP contribution in [0, 0.1) is 11.8 Å². The molecule has 1 heterocycles. The highest BCUT2D eigenvalue weighted by Crippen LogP contribution is 2.40. The average Bonchev–Trinajstić information content (AvgIpc) is 2.06. The molecule has 1 saturated carbocycles. The first-order valence-corrected chi connectivity index (χ1v) is 5.35. The fourth-order valence-electron chi connectivity index (χ4n) is 1.92. The number of hydrogen-bond acceptors (Lipinski definition) is 2. The van der Waals surface area contributed by atoms with Crippen LogP contribution in [-0.2, 0) is 10.2 Å². The van der Waals surface area contributed by atoms with Gasteiger partial charge in [0.2, 0.25) is 0 Å². The van der Waals surface area contributed by atoms with E-state index in [2.05, 4.69) is 0 Å². The van der Waals surface area contributed by atoms with Crippen molar-refractivity contribution >= 4 is 10.2 Å². The Bertz CT molecular complexity index is 250. The minimum atomic E-state index is -3.40. The van der Waals surface area contributed by atoms with E-state index < -0.39 is 10.2 Å². The maximum absolute atomic E-state index is 10.9. The van der Waals surface area contributed by atoms with Gasteiger partial charge in [0, 0.05) is 13.1 Å². The molecule has 0 aromatic carbocycles. The summed E-state index contributed by atoms with van der Waals surface area (Å²) in [5.41, 5.74) is 0. The van der Waals surface area contributed by atoms with Crippen molar-refractivity contribution in [2.24, 2.45) is 17.0 Å². The standard InChI is InChI=1S/C6H12N2O2S/c7-11(9,10)8-3-5-1-2-6(5)4-8/h5-6H,1-4H2,(H2,7,9,10). The molecule has 0 amide bonds. The highest BCUT2D eigenvalue weighted by Gasteiger charge is 2.42. The van der Waals surface area contributed by atoms with E-state index in [4.69, 9.17) is 5.14 Å². The SMILES string of the molecule is NS(=O)(=O)N1CC2CCC2C1. The smallest absolute Gasteiger partial charge is 0.216 e. The molecule has 2 unspecified atom stereocenters. The summed E-state index contributed by atoms with van der Waals surface area (Å²) in [6.07, 6.45) is 2.35. The van der Waals surface area contributed by atoms with Gasteiger partial charge in [-0.1, -0.05) is 0 Å². The van der Waals surface area contributed by atoms with E-state index in [0.29, 0.717) is 24.9 Å². The molecule has 5 heteroatoms. The second-order valence-electron chi connectivity index (χ2n) is 3.46. The molecular formula is C6H12N2O2S. The summed E-state index contributed by atoms with van der Waals surface area (Å²) in [7, 11) is -3.40. The Morgan fingerprint density at radius 3 is 1.91 bits per heavy atom. The number of nitrogens with two attached hydrogens (primary N) is 1. The molecular weight excluding hydrogens is 164 g/mol. The van der Waals surface area contributed by atoms with Crippen LogP contribution < -0.4 is 5.14 Å². The molecule has 0 aromatic heterocycles. The molecule has 0 aromatic rings. The van der Waals surface area contributed by atoms with E-state index in [1.54, 1.807) is 0 Å². The van der Waals surface area contributed by atoms with Crippen LogP contribution in [0.1, 0.15) is 12.8 Å². The van der Waals surface area contributed by atoms with Crippen LogP contribution in [0.25, 0.3) is 0 Å². The summed E-state index contributed by atoms with van der Waals surface area (Å²) in [5.74, 6) is 1.21. The quantitative estimate of drug-likeness (QED) is 0.587. The lowest BCUT2D eigenvalue weighted by molar-refractivity contribution is 0.243. The van der Waals surface area contributed by atoms with Crippen LogP contribution in [0.15, 0.2) is 0 Å². The van der Waals surface area contributed by atoms with E-state index in [1.807, 2.05) is 0 Å². The van der Waals surface area contributed by atoms with Gasteiger partial charge < -0.3 is 0 Å². The van der Waals surface area contributed by atoms with Gasteiger partial charge in [0.15, 0.2) is 0 Å². The van der Waals surface area contributed by atoms with Crippen LogP contribution in [0.5, 0.6) is 0 Å². The second kappa shape index (κ2) is 2.18. The van der Waals surface area contributed by atoms with E-state index in [-0.39, 0.29) is 0 Å². The van der Waals surface area contributed by atoms with Crippen LogP contribution >= 0.6 is 0 Å². The van der Waals surface area contributed by atoms with Crippen molar-refractivity contribution in [3.05, 3.63) is 0 Å². The maximum atomic E-state index is 10.9. The first kappa shape index (κ1) is 7.52. The molecule has 1 saturated heterocycles. The Morgan fingerprint density at radius 1 is 1.18 bits per heavy atom. The molecule has 2 fully saturated rings. The molecule has 0 spiro atoms. The van der Waals surface area contributed by atoms with Gasteiger partial charge in [-0.3, -0.25) is 0 Å². The first-order valence-electron chi connectivity index (χ1n) is 3.85. The average molecular weight is 176 g/mol.